The van der Waals surface area contributed by atoms with E-state index < -0.39 is 0 Å². The first-order valence-electron chi connectivity index (χ1n) is 8.60. The zero-order valence-electron chi connectivity index (χ0n) is 17.1. The monoisotopic (exact) mass is 390 g/mol. The molecule has 0 aliphatic heterocycles. The lowest BCUT2D eigenvalue weighted by atomic mass is 10.0. The Labute approximate surface area is 165 Å². The van der Waals surface area contributed by atoms with Crippen molar-refractivity contribution in [2.75, 3.05) is 42.7 Å². The van der Waals surface area contributed by atoms with E-state index >= 15 is 0 Å². The van der Waals surface area contributed by atoms with Crippen LogP contribution < -0.4 is 28.4 Å². The number of Topliss-reactive ketones (excluding diaryl/α,β-unsaturated/α-hetero) is 1. The van der Waals surface area contributed by atoms with Crippen LogP contribution in [0.2, 0.25) is 0 Å². The van der Waals surface area contributed by atoms with Crippen LogP contribution in [0.5, 0.6) is 34.5 Å². The lowest BCUT2D eigenvalue weighted by Gasteiger charge is -2.15. The topological polar surface area (TPSA) is 72.5 Å². The molecule has 0 N–H and O–H groups in total. The van der Waals surface area contributed by atoms with Crippen molar-refractivity contribution in [3.05, 3.63) is 35.4 Å². The molecule has 0 unspecified atom stereocenters. The zero-order chi connectivity index (χ0) is 20.7. The fourth-order valence-electron chi connectivity index (χ4n) is 2.99. The van der Waals surface area contributed by atoms with Gasteiger partial charge in [-0.3, -0.25) is 4.79 Å². The summed E-state index contributed by atoms with van der Waals surface area (Å²) in [6.45, 7) is 0. The first-order chi connectivity index (χ1) is 13.5. The van der Waals surface area contributed by atoms with E-state index in [1.54, 1.807) is 52.7 Å². The van der Waals surface area contributed by atoms with Gasteiger partial charge in [-0.25, -0.2) is 0 Å². The maximum Gasteiger partial charge on any atom is 0.203 e. The summed E-state index contributed by atoms with van der Waals surface area (Å²) >= 11 is 0. The van der Waals surface area contributed by atoms with Crippen LogP contribution in [0.25, 0.3) is 0 Å². The van der Waals surface area contributed by atoms with Gasteiger partial charge in [0.25, 0.3) is 0 Å². The van der Waals surface area contributed by atoms with Crippen molar-refractivity contribution in [3.8, 4) is 34.5 Å². The molecule has 0 aliphatic rings. The smallest absolute Gasteiger partial charge is 0.203 e. The number of carbonyl (C=O) groups is 1. The maximum atomic E-state index is 12.7. The number of methoxy groups -OCH3 is 6. The summed E-state index contributed by atoms with van der Waals surface area (Å²) in [5.41, 5.74) is 1.54. The highest BCUT2D eigenvalue weighted by Crippen LogP contribution is 2.39. The Morgan fingerprint density at radius 1 is 0.571 bits per heavy atom. The van der Waals surface area contributed by atoms with Gasteiger partial charge in [-0.15, -0.1) is 0 Å². The molecule has 7 nitrogen and oxygen atoms in total. The lowest BCUT2D eigenvalue weighted by Crippen LogP contribution is -2.08. The molecule has 0 atom stereocenters. The highest BCUT2D eigenvalue weighted by molar-refractivity contribution is 5.84. The Balaban J connectivity index is 2.25. The van der Waals surface area contributed by atoms with Gasteiger partial charge >= 0.3 is 0 Å². The molecule has 0 amide bonds. The summed E-state index contributed by atoms with van der Waals surface area (Å²) in [5.74, 6) is 3.05. The predicted molar refractivity (Wildman–Crippen MR) is 105 cm³/mol. The minimum absolute atomic E-state index is 0.0172. The Kier molecular flexibility index (Phi) is 7.37. The second kappa shape index (κ2) is 9.73. The third-order valence-electron chi connectivity index (χ3n) is 4.25. The first kappa shape index (κ1) is 21.2. The molecular weight excluding hydrogens is 364 g/mol. The summed E-state index contributed by atoms with van der Waals surface area (Å²) in [6.07, 6.45) is 0.431. The normalized spacial score (nSPS) is 10.2. The summed E-state index contributed by atoms with van der Waals surface area (Å²) in [6, 6.07) is 7.09. The van der Waals surface area contributed by atoms with Crippen LogP contribution in [0.1, 0.15) is 11.1 Å². The molecule has 0 heterocycles. The highest BCUT2D eigenvalue weighted by atomic mass is 16.5. The van der Waals surface area contributed by atoms with Crippen LogP contribution in [-0.2, 0) is 17.6 Å². The molecule has 0 fully saturated rings. The third-order valence-corrected chi connectivity index (χ3v) is 4.25. The third kappa shape index (κ3) is 4.60. The number of rotatable bonds is 10. The fraction of sp³-hybridized carbons (Fsp3) is 0.381. The second-order valence-corrected chi connectivity index (χ2v) is 5.96. The van der Waals surface area contributed by atoms with Crippen molar-refractivity contribution in [1.82, 2.24) is 0 Å². The van der Waals surface area contributed by atoms with E-state index in [1.807, 2.05) is 0 Å². The summed E-state index contributed by atoms with van der Waals surface area (Å²) in [7, 11) is 9.24. The molecule has 152 valence electrons. The Hall–Kier alpha value is -3.09. The molecule has 0 saturated carbocycles. The average molecular weight is 390 g/mol. The molecule has 0 bridgehead atoms. The van der Waals surface area contributed by atoms with E-state index in [0.717, 1.165) is 11.1 Å². The molecule has 0 aliphatic carbocycles. The van der Waals surface area contributed by atoms with E-state index in [2.05, 4.69) is 0 Å². The minimum Gasteiger partial charge on any atom is -0.493 e. The fourth-order valence-corrected chi connectivity index (χ4v) is 2.99. The average Bonchev–Trinajstić information content (AvgIpc) is 2.71. The summed E-state index contributed by atoms with van der Waals surface area (Å²) < 4.78 is 32.0. The maximum absolute atomic E-state index is 12.7. The van der Waals surface area contributed by atoms with E-state index in [9.17, 15) is 4.79 Å². The molecule has 2 aromatic carbocycles. The highest BCUT2D eigenvalue weighted by Gasteiger charge is 2.17. The van der Waals surface area contributed by atoms with Crippen molar-refractivity contribution < 1.29 is 33.2 Å². The molecule has 2 aromatic rings. The first-order valence-corrected chi connectivity index (χ1v) is 8.60. The van der Waals surface area contributed by atoms with Crippen molar-refractivity contribution >= 4 is 5.78 Å². The molecule has 0 saturated heterocycles. The number of ketones is 1. The predicted octanol–water partition coefficient (Wildman–Crippen LogP) is 3.09. The number of hydrogen-bond donors (Lipinski definition) is 0. The van der Waals surface area contributed by atoms with Crippen LogP contribution in [0.4, 0.5) is 0 Å². The molecule has 2 rings (SSSR count). The number of hydrogen-bond acceptors (Lipinski definition) is 7. The van der Waals surface area contributed by atoms with Gasteiger partial charge < -0.3 is 28.4 Å². The Morgan fingerprint density at radius 3 is 1.07 bits per heavy atom. The van der Waals surface area contributed by atoms with Gasteiger partial charge in [-0.05, 0) is 35.4 Å². The Morgan fingerprint density at radius 2 is 0.857 bits per heavy atom. The SMILES string of the molecule is COc1cc(CC(=O)Cc2cc(OC)c(OC)c(OC)c2)cc(OC)c1OC. The van der Waals surface area contributed by atoms with E-state index in [1.165, 1.54) is 14.2 Å². The van der Waals surface area contributed by atoms with Gasteiger partial charge in [-0.1, -0.05) is 0 Å². The number of benzene rings is 2. The largest absolute Gasteiger partial charge is 0.493 e. The molecule has 28 heavy (non-hydrogen) atoms. The van der Waals surface area contributed by atoms with Crippen LogP contribution in [-0.4, -0.2) is 48.4 Å². The summed E-state index contributed by atoms with van der Waals surface area (Å²) in [4.78, 5) is 12.7. The van der Waals surface area contributed by atoms with Crippen molar-refractivity contribution in [3.63, 3.8) is 0 Å². The van der Waals surface area contributed by atoms with Crippen LogP contribution in [0, 0.1) is 0 Å². The van der Waals surface area contributed by atoms with Gasteiger partial charge in [-0.2, -0.15) is 0 Å². The van der Waals surface area contributed by atoms with Gasteiger partial charge in [0, 0.05) is 12.8 Å². The van der Waals surface area contributed by atoms with Gasteiger partial charge in [0.2, 0.25) is 11.5 Å². The van der Waals surface area contributed by atoms with Crippen molar-refractivity contribution in [2.24, 2.45) is 0 Å². The summed E-state index contributed by atoms with van der Waals surface area (Å²) in [5, 5.41) is 0. The molecule has 0 radical (unpaired) electrons. The van der Waals surface area contributed by atoms with E-state index in [0.29, 0.717) is 34.5 Å². The number of ether oxygens (including phenoxy) is 6. The standard InChI is InChI=1S/C21H26O7/c1-23-16-9-13(10-17(24-2)20(16)27-5)7-15(22)8-14-11-18(25-3)21(28-6)19(12-14)26-4/h9-12H,7-8H2,1-6H3. The van der Waals surface area contributed by atoms with Crippen molar-refractivity contribution in [2.45, 2.75) is 12.8 Å². The van der Waals surface area contributed by atoms with E-state index in [4.69, 9.17) is 28.4 Å². The quantitative estimate of drug-likeness (QED) is 0.617. The van der Waals surface area contributed by atoms with Gasteiger partial charge in [0.15, 0.2) is 23.0 Å². The van der Waals surface area contributed by atoms with Gasteiger partial charge in [0.1, 0.15) is 5.78 Å². The van der Waals surface area contributed by atoms with Crippen LogP contribution in [0.3, 0.4) is 0 Å². The zero-order valence-corrected chi connectivity index (χ0v) is 17.1. The Bertz CT molecular complexity index is 712. The molecule has 0 aromatic heterocycles. The van der Waals surface area contributed by atoms with Crippen molar-refractivity contribution in [1.29, 1.82) is 0 Å². The minimum atomic E-state index is 0.0172. The van der Waals surface area contributed by atoms with Gasteiger partial charge in [0.05, 0.1) is 42.7 Å². The van der Waals surface area contributed by atoms with Crippen LogP contribution in [0.15, 0.2) is 24.3 Å². The molecule has 7 heteroatoms. The lowest BCUT2D eigenvalue weighted by molar-refractivity contribution is -0.117. The van der Waals surface area contributed by atoms with E-state index in [-0.39, 0.29) is 18.6 Å². The van der Waals surface area contributed by atoms with Crippen LogP contribution >= 0.6 is 0 Å². The number of carbonyl (C=O) groups excluding carboxylic acids is 1. The molecule has 0 spiro atoms. The molecular formula is C21H26O7. The second-order valence-electron chi connectivity index (χ2n) is 5.96.